The maximum Gasteiger partial charge on any atom is 0.00918 e. The minimum absolute atomic E-state index is 1.01. The fourth-order valence-corrected chi connectivity index (χ4v) is 2.23. The van der Waals surface area contributed by atoms with Gasteiger partial charge < -0.3 is 0 Å². The molecule has 0 fully saturated rings. The van der Waals surface area contributed by atoms with Crippen molar-refractivity contribution < 1.29 is 0 Å². The molecule has 0 saturated heterocycles. The highest BCUT2D eigenvalue weighted by molar-refractivity contribution is 5.16. The van der Waals surface area contributed by atoms with Crippen molar-refractivity contribution in [2.45, 2.75) is 38.5 Å². The summed E-state index contributed by atoms with van der Waals surface area (Å²) in [5.41, 5.74) is 2.83. The molecule has 0 aliphatic heterocycles. The number of unbranched alkanes of at least 4 members (excludes halogenated alkanes) is 2. The molecule has 0 heterocycles. The SMILES string of the molecule is C(#CCCCc1ccccc1)CCCc1ccccc1. The number of rotatable bonds is 6. The molecule has 0 atom stereocenters. The predicted octanol–water partition coefficient (Wildman–Crippen LogP) is 5.04. The van der Waals surface area contributed by atoms with Crippen molar-refractivity contribution >= 4 is 0 Å². The Morgan fingerprint density at radius 1 is 0.550 bits per heavy atom. The lowest BCUT2D eigenvalue weighted by molar-refractivity contribution is 0.844. The Labute approximate surface area is 122 Å². The summed E-state index contributed by atoms with van der Waals surface area (Å²) in [6.07, 6.45) is 6.63. The fraction of sp³-hybridized carbons (Fsp3) is 0.300. The molecule has 0 heteroatoms. The van der Waals surface area contributed by atoms with Crippen LogP contribution in [0.5, 0.6) is 0 Å². The predicted molar refractivity (Wildman–Crippen MR) is 86.5 cm³/mol. The fourth-order valence-electron chi connectivity index (χ4n) is 2.23. The van der Waals surface area contributed by atoms with Crippen LogP contribution in [0, 0.1) is 11.8 Å². The van der Waals surface area contributed by atoms with Gasteiger partial charge in [0.25, 0.3) is 0 Å². The molecule has 0 unspecified atom stereocenters. The highest BCUT2D eigenvalue weighted by atomic mass is 14.0. The summed E-state index contributed by atoms with van der Waals surface area (Å²) in [5.74, 6) is 6.58. The molecule has 0 bridgehead atoms. The molecule has 0 spiro atoms. The third-order valence-electron chi connectivity index (χ3n) is 3.35. The van der Waals surface area contributed by atoms with Gasteiger partial charge in [-0.1, -0.05) is 60.7 Å². The van der Waals surface area contributed by atoms with E-state index < -0.39 is 0 Å². The van der Waals surface area contributed by atoms with E-state index in [9.17, 15) is 0 Å². The van der Waals surface area contributed by atoms with Gasteiger partial charge in [-0.25, -0.2) is 0 Å². The number of aryl methyl sites for hydroxylation is 2. The Morgan fingerprint density at radius 3 is 1.35 bits per heavy atom. The zero-order valence-electron chi connectivity index (χ0n) is 12.0. The standard InChI is InChI=1S/C20H22/c1(3-7-13-19-15-9-5-10-16-19)2-4-8-14-20-17-11-6-12-18-20/h5-6,9-12,15-18H,3-4,7-8,13-14H2. The molecule has 0 aliphatic carbocycles. The maximum atomic E-state index is 3.29. The van der Waals surface area contributed by atoms with Gasteiger partial charge in [-0.3, -0.25) is 0 Å². The van der Waals surface area contributed by atoms with Gasteiger partial charge >= 0.3 is 0 Å². The Morgan fingerprint density at radius 2 is 0.950 bits per heavy atom. The van der Waals surface area contributed by atoms with Gasteiger partial charge in [0, 0.05) is 12.8 Å². The first-order valence-electron chi connectivity index (χ1n) is 7.49. The lowest BCUT2D eigenvalue weighted by atomic mass is 10.1. The molecule has 2 rings (SSSR count). The third-order valence-corrected chi connectivity index (χ3v) is 3.35. The minimum atomic E-state index is 1.01. The normalized spacial score (nSPS) is 9.80. The molecule has 0 aliphatic rings. The van der Waals surface area contributed by atoms with Gasteiger partial charge in [-0.15, -0.1) is 11.8 Å². The molecule has 0 saturated carbocycles. The van der Waals surface area contributed by atoms with Gasteiger partial charge in [-0.2, -0.15) is 0 Å². The van der Waals surface area contributed by atoms with Crippen molar-refractivity contribution in [3.05, 3.63) is 71.8 Å². The molecular weight excluding hydrogens is 240 g/mol. The zero-order chi connectivity index (χ0) is 13.9. The lowest BCUT2D eigenvalue weighted by Crippen LogP contribution is -1.84. The van der Waals surface area contributed by atoms with Crippen LogP contribution in [0.25, 0.3) is 0 Å². The van der Waals surface area contributed by atoms with Gasteiger partial charge in [0.05, 0.1) is 0 Å². The lowest BCUT2D eigenvalue weighted by Gasteiger charge is -1.97. The van der Waals surface area contributed by atoms with E-state index in [0.717, 1.165) is 38.5 Å². The quantitative estimate of drug-likeness (QED) is 0.505. The van der Waals surface area contributed by atoms with Crippen LogP contribution in [0.2, 0.25) is 0 Å². The van der Waals surface area contributed by atoms with Crippen molar-refractivity contribution in [1.82, 2.24) is 0 Å². The first kappa shape index (κ1) is 14.4. The molecule has 102 valence electrons. The van der Waals surface area contributed by atoms with E-state index in [1.54, 1.807) is 0 Å². The molecule has 0 aromatic heterocycles. The van der Waals surface area contributed by atoms with Crippen LogP contribution in [0.15, 0.2) is 60.7 Å². The molecule has 0 amide bonds. The topological polar surface area (TPSA) is 0 Å². The molecule has 0 N–H and O–H groups in total. The largest absolute Gasteiger partial charge is 0.103 e. The van der Waals surface area contributed by atoms with Gasteiger partial charge in [-0.05, 0) is 36.8 Å². The second-order valence-electron chi connectivity index (χ2n) is 5.03. The van der Waals surface area contributed by atoms with Crippen LogP contribution in [-0.2, 0) is 12.8 Å². The highest BCUT2D eigenvalue weighted by Gasteiger charge is 1.91. The van der Waals surface area contributed by atoms with Crippen molar-refractivity contribution in [1.29, 1.82) is 0 Å². The van der Waals surface area contributed by atoms with Gasteiger partial charge in [0.15, 0.2) is 0 Å². The molecule has 0 radical (unpaired) electrons. The average Bonchev–Trinajstić information content (AvgIpc) is 2.52. The summed E-state index contributed by atoms with van der Waals surface area (Å²) in [4.78, 5) is 0. The molecular formula is C20H22. The van der Waals surface area contributed by atoms with E-state index in [1.807, 2.05) is 0 Å². The first-order chi connectivity index (χ1) is 9.95. The van der Waals surface area contributed by atoms with Crippen LogP contribution in [-0.4, -0.2) is 0 Å². The minimum Gasteiger partial charge on any atom is -0.103 e. The molecule has 0 nitrogen and oxygen atoms in total. The molecule has 2 aromatic rings. The van der Waals surface area contributed by atoms with Crippen LogP contribution < -0.4 is 0 Å². The Balaban J connectivity index is 1.55. The maximum absolute atomic E-state index is 3.29. The zero-order valence-corrected chi connectivity index (χ0v) is 12.0. The van der Waals surface area contributed by atoms with Crippen molar-refractivity contribution in [2.75, 3.05) is 0 Å². The number of benzene rings is 2. The molecule has 20 heavy (non-hydrogen) atoms. The van der Waals surface area contributed by atoms with E-state index in [0.29, 0.717) is 0 Å². The summed E-state index contributed by atoms with van der Waals surface area (Å²) in [6.45, 7) is 0. The summed E-state index contributed by atoms with van der Waals surface area (Å²) in [7, 11) is 0. The van der Waals surface area contributed by atoms with Crippen molar-refractivity contribution in [3.63, 3.8) is 0 Å². The van der Waals surface area contributed by atoms with Crippen LogP contribution in [0.3, 0.4) is 0 Å². The van der Waals surface area contributed by atoms with E-state index >= 15 is 0 Å². The summed E-state index contributed by atoms with van der Waals surface area (Å²) in [6, 6.07) is 21.3. The van der Waals surface area contributed by atoms with E-state index in [2.05, 4.69) is 72.5 Å². The second-order valence-corrected chi connectivity index (χ2v) is 5.03. The van der Waals surface area contributed by atoms with E-state index in [4.69, 9.17) is 0 Å². The van der Waals surface area contributed by atoms with Crippen molar-refractivity contribution in [3.8, 4) is 11.8 Å². The monoisotopic (exact) mass is 262 g/mol. The second kappa shape index (κ2) is 8.99. The highest BCUT2D eigenvalue weighted by Crippen LogP contribution is 2.05. The number of hydrogen-bond acceptors (Lipinski definition) is 0. The van der Waals surface area contributed by atoms with Crippen LogP contribution >= 0.6 is 0 Å². The third kappa shape index (κ3) is 5.76. The summed E-state index contributed by atoms with van der Waals surface area (Å²) in [5, 5.41) is 0. The average molecular weight is 262 g/mol. The Kier molecular flexibility index (Phi) is 6.48. The Bertz CT molecular complexity index is 479. The summed E-state index contributed by atoms with van der Waals surface area (Å²) < 4.78 is 0. The Hall–Kier alpha value is -2.00. The summed E-state index contributed by atoms with van der Waals surface area (Å²) >= 11 is 0. The van der Waals surface area contributed by atoms with Crippen LogP contribution in [0.4, 0.5) is 0 Å². The van der Waals surface area contributed by atoms with Gasteiger partial charge in [0.1, 0.15) is 0 Å². The molecule has 2 aromatic carbocycles. The number of hydrogen-bond donors (Lipinski definition) is 0. The van der Waals surface area contributed by atoms with Gasteiger partial charge in [0.2, 0.25) is 0 Å². The van der Waals surface area contributed by atoms with Crippen molar-refractivity contribution in [2.24, 2.45) is 0 Å². The van der Waals surface area contributed by atoms with E-state index in [1.165, 1.54) is 11.1 Å². The van der Waals surface area contributed by atoms with E-state index in [-0.39, 0.29) is 0 Å². The van der Waals surface area contributed by atoms with Crippen LogP contribution in [0.1, 0.15) is 36.8 Å². The smallest absolute Gasteiger partial charge is 0.00918 e. The first-order valence-corrected chi connectivity index (χ1v) is 7.49.